The fourth-order valence-corrected chi connectivity index (χ4v) is 4.50. The standard InChI is InChI=1S/C28H26ClN5O3/c1-3-18(2)30-25(35)21-12-13-23-24(15-21)34-27(32(26(23)36)16-19-8-5-4-6-9-19)31-33(28(34)37)17-20-10-7-11-22(29)14-20/h4-15,18H,3,16-17H2,1-2H3,(H,30,35)/t18-/m1/s1. The summed E-state index contributed by atoms with van der Waals surface area (Å²) in [4.78, 5) is 40.2. The molecule has 0 fully saturated rings. The molecule has 8 nitrogen and oxygen atoms in total. The number of nitrogens with one attached hydrogen (secondary N) is 1. The van der Waals surface area contributed by atoms with Gasteiger partial charge in [0.1, 0.15) is 0 Å². The summed E-state index contributed by atoms with van der Waals surface area (Å²) in [5, 5.41) is 8.38. The van der Waals surface area contributed by atoms with Crippen molar-refractivity contribution in [2.75, 3.05) is 0 Å². The number of benzene rings is 3. The van der Waals surface area contributed by atoms with Crippen LogP contribution in [0.4, 0.5) is 0 Å². The fourth-order valence-electron chi connectivity index (χ4n) is 4.29. The largest absolute Gasteiger partial charge is 0.352 e. The number of carbonyl (C=O) groups excluding carboxylic acids is 1. The average molecular weight is 516 g/mol. The van der Waals surface area contributed by atoms with E-state index in [9.17, 15) is 14.4 Å². The van der Waals surface area contributed by atoms with E-state index in [4.69, 9.17) is 11.6 Å². The molecule has 37 heavy (non-hydrogen) atoms. The second kappa shape index (κ2) is 10.1. The quantitative estimate of drug-likeness (QED) is 0.353. The van der Waals surface area contributed by atoms with Gasteiger partial charge in [0.15, 0.2) is 0 Å². The Morgan fingerprint density at radius 2 is 1.73 bits per heavy atom. The normalized spacial score (nSPS) is 12.2. The second-order valence-corrected chi connectivity index (χ2v) is 9.53. The van der Waals surface area contributed by atoms with Crippen molar-refractivity contribution in [2.45, 2.75) is 39.4 Å². The van der Waals surface area contributed by atoms with Gasteiger partial charge in [-0.3, -0.25) is 14.2 Å². The van der Waals surface area contributed by atoms with Crippen LogP contribution in [0.1, 0.15) is 41.8 Å². The lowest BCUT2D eigenvalue weighted by atomic mass is 10.1. The van der Waals surface area contributed by atoms with Gasteiger partial charge in [0.2, 0.25) is 5.78 Å². The Bertz CT molecular complexity index is 1740. The highest BCUT2D eigenvalue weighted by Crippen LogP contribution is 2.17. The maximum absolute atomic E-state index is 13.7. The van der Waals surface area contributed by atoms with E-state index < -0.39 is 5.69 Å². The molecule has 5 aromatic rings. The molecule has 1 atom stereocenters. The van der Waals surface area contributed by atoms with Crippen LogP contribution in [0.25, 0.3) is 16.7 Å². The molecule has 0 radical (unpaired) electrons. The zero-order valence-corrected chi connectivity index (χ0v) is 21.3. The van der Waals surface area contributed by atoms with E-state index in [2.05, 4.69) is 10.4 Å². The van der Waals surface area contributed by atoms with Crippen LogP contribution in [0.5, 0.6) is 0 Å². The number of aromatic nitrogens is 4. The Morgan fingerprint density at radius 1 is 0.973 bits per heavy atom. The van der Waals surface area contributed by atoms with E-state index in [1.165, 1.54) is 13.6 Å². The van der Waals surface area contributed by atoms with Crippen molar-refractivity contribution in [1.29, 1.82) is 0 Å². The second-order valence-electron chi connectivity index (χ2n) is 9.10. The van der Waals surface area contributed by atoms with Gasteiger partial charge in [-0.05, 0) is 54.8 Å². The lowest BCUT2D eigenvalue weighted by Gasteiger charge is -2.13. The fraction of sp³-hybridized carbons (Fsp3) is 0.214. The first kappa shape index (κ1) is 24.5. The van der Waals surface area contributed by atoms with E-state index in [-0.39, 0.29) is 36.4 Å². The lowest BCUT2D eigenvalue weighted by molar-refractivity contribution is 0.0939. The Hall–Kier alpha value is -4.17. The topological polar surface area (TPSA) is 90.4 Å². The van der Waals surface area contributed by atoms with Crippen LogP contribution in [0.3, 0.4) is 0 Å². The van der Waals surface area contributed by atoms with Crippen molar-refractivity contribution in [3.05, 3.63) is 115 Å². The summed E-state index contributed by atoms with van der Waals surface area (Å²) < 4.78 is 4.21. The summed E-state index contributed by atoms with van der Waals surface area (Å²) in [7, 11) is 0. The van der Waals surface area contributed by atoms with Crippen LogP contribution < -0.4 is 16.6 Å². The van der Waals surface area contributed by atoms with E-state index in [1.54, 1.807) is 36.4 Å². The van der Waals surface area contributed by atoms with E-state index in [0.717, 1.165) is 17.5 Å². The molecule has 2 aromatic heterocycles. The molecule has 5 rings (SSSR count). The predicted molar refractivity (Wildman–Crippen MR) is 145 cm³/mol. The van der Waals surface area contributed by atoms with Crippen molar-refractivity contribution >= 4 is 34.2 Å². The molecule has 0 bridgehead atoms. The number of hydrogen-bond donors (Lipinski definition) is 1. The SMILES string of the molecule is CC[C@@H](C)NC(=O)c1ccc2c(=O)n(Cc3ccccc3)c3nn(Cc4cccc(Cl)c4)c(=O)n3c2c1. The molecule has 0 aliphatic heterocycles. The number of amides is 1. The van der Waals surface area contributed by atoms with Crippen LogP contribution in [0, 0.1) is 0 Å². The highest BCUT2D eigenvalue weighted by molar-refractivity contribution is 6.30. The number of hydrogen-bond acceptors (Lipinski definition) is 4. The molecule has 188 valence electrons. The third-order valence-electron chi connectivity index (χ3n) is 6.43. The first-order valence-electron chi connectivity index (χ1n) is 12.1. The summed E-state index contributed by atoms with van der Waals surface area (Å²) in [6.45, 7) is 4.32. The Labute approximate surface area is 217 Å². The highest BCUT2D eigenvalue weighted by atomic mass is 35.5. The van der Waals surface area contributed by atoms with Gasteiger partial charge in [-0.15, -0.1) is 5.10 Å². The summed E-state index contributed by atoms with van der Waals surface area (Å²) >= 11 is 6.14. The van der Waals surface area contributed by atoms with Gasteiger partial charge in [0.05, 0.1) is 24.0 Å². The number of fused-ring (bicyclic) bond motifs is 3. The minimum absolute atomic E-state index is 0.00902. The zero-order valence-electron chi connectivity index (χ0n) is 20.5. The summed E-state index contributed by atoms with van der Waals surface area (Å²) in [6.07, 6.45) is 0.781. The summed E-state index contributed by atoms with van der Waals surface area (Å²) in [6, 6.07) is 21.5. The van der Waals surface area contributed by atoms with Gasteiger partial charge < -0.3 is 5.32 Å². The van der Waals surface area contributed by atoms with Gasteiger partial charge in [0, 0.05) is 16.6 Å². The minimum atomic E-state index is -0.415. The van der Waals surface area contributed by atoms with Gasteiger partial charge in [-0.25, -0.2) is 13.9 Å². The number of halogens is 1. The van der Waals surface area contributed by atoms with Crippen LogP contribution in [-0.4, -0.2) is 30.7 Å². The number of carbonyl (C=O) groups is 1. The molecular weight excluding hydrogens is 490 g/mol. The molecular formula is C28H26ClN5O3. The molecule has 1 N–H and O–H groups in total. The molecule has 0 aliphatic carbocycles. The summed E-state index contributed by atoms with van der Waals surface area (Å²) in [5.41, 5.74) is 1.69. The molecule has 0 unspecified atom stereocenters. The van der Waals surface area contributed by atoms with Crippen LogP contribution >= 0.6 is 11.6 Å². The van der Waals surface area contributed by atoms with Crippen LogP contribution in [-0.2, 0) is 13.1 Å². The Kier molecular flexibility index (Phi) is 6.67. The van der Waals surface area contributed by atoms with Crippen molar-refractivity contribution in [3.8, 4) is 0 Å². The van der Waals surface area contributed by atoms with E-state index >= 15 is 0 Å². The van der Waals surface area contributed by atoms with Gasteiger partial charge in [-0.1, -0.05) is 61.0 Å². The smallest absolute Gasteiger partial charge is 0.350 e. The molecule has 3 aromatic carbocycles. The highest BCUT2D eigenvalue weighted by Gasteiger charge is 2.20. The summed E-state index contributed by atoms with van der Waals surface area (Å²) in [5.74, 6) is -0.0647. The van der Waals surface area contributed by atoms with Crippen molar-refractivity contribution < 1.29 is 4.79 Å². The number of nitrogens with zero attached hydrogens (tertiary/aromatic N) is 4. The Balaban J connectivity index is 1.73. The van der Waals surface area contributed by atoms with Gasteiger partial charge in [-0.2, -0.15) is 0 Å². The van der Waals surface area contributed by atoms with Crippen LogP contribution in [0.2, 0.25) is 5.02 Å². The molecule has 9 heteroatoms. The van der Waals surface area contributed by atoms with E-state index in [0.29, 0.717) is 21.5 Å². The molecule has 0 saturated heterocycles. The van der Waals surface area contributed by atoms with Crippen molar-refractivity contribution in [1.82, 2.24) is 24.1 Å². The monoisotopic (exact) mass is 515 g/mol. The molecule has 0 saturated carbocycles. The first-order valence-corrected chi connectivity index (χ1v) is 12.5. The Morgan fingerprint density at radius 3 is 2.46 bits per heavy atom. The third-order valence-corrected chi connectivity index (χ3v) is 6.67. The minimum Gasteiger partial charge on any atom is -0.350 e. The average Bonchev–Trinajstić information content (AvgIpc) is 3.22. The lowest BCUT2D eigenvalue weighted by Crippen LogP contribution is -2.32. The van der Waals surface area contributed by atoms with Gasteiger partial charge in [0.25, 0.3) is 11.5 Å². The molecule has 2 heterocycles. The zero-order chi connectivity index (χ0) is 26.1. The number of rotatable bonds is 7. The van der Waals surface area contributed by atoms with Crippen molar-refractivity contribution in [3.63, 3.8) is 0 Å². The van der Waals surface area contributed by atoms with E-state index in [1.807, 2.05) is 50.2 Å². The van der Waals surface area contributed by atoms with Crippen LogP contribution in [0.15, 0.2) is 82.4 Å². The molecule has 0 spiro atoms. The molecule has 0 aliphatic rings. The predicted octanol–water partition coefficient (Wildman–Crippen LogP) is 4.09. The van der Waals surface area contributed by atoms with Gasteiger partial charge >= 0.3 is 5.69 Å². The maximum atomic E-state index is 13.7. The molecule has 1 amide bonds. The first-order chi connectivity index (χ1) is 17.9. The van der Waals surface area contributed by atoms with Crippen molar-refractivity contribution in [2.24, 2.45) is 0 Å². The maximum Gasteiger partial charge on any atom is 0.352 e. The third kappa shape index (κ3) is 4.80.